The van der Waals surface area contributed by atoms with E-state index in [9.17, 15) is 13.2 Å². The Morgan fingerprint density at radius 3 is 2.33 bits per heavy atom. The van der Waals surface area contributed by atoms with E-state index in [4.69, 9.17) is 5.73 Å². The zero-order valence-corrected chi connectivity index (χ0v) is 11.4. The van der Waals surface area contributed by atoms with Gasteiger partial charge in [0.05, 0.1) is 5.56 Å². The third-order valence-corrected chi connectivity index (χ3v) is 2.71. The zero-order valence-electron chi connectivity index (χ0n) is 10.4. The van der Waals surface area contributed by atoms with E-state index >= 15 is 0 Å². The van der Waals surface area contributed by atoms with Gasteiger partial charge in [-0.25, -0.2) is 0 Å². The first kappa shape index (κ1) is 14.4. The first-order valence-corrected chi connectivity index (χ1v) is 8.75. The summed E-state index contributed by atoms with van der Waals surface area (Å²) in [4.78, 5) is 0. The van der Waals surface area contributed by atoms with Crippen LogP contribution in [0.2, 0.25) is 19.6 Å². The van der Waals surface area contributed by atoms with Crippen molar-refractivity contribution in [3.05, 3.63) is 23.8 Å². The quantitative estimate of drug-likeness (QED) is 0.483. The van der Waals surface area contributed by atoms with Crippen LogP contribution in [0.4, 0.5) is 18.9 Å². The Morgan fingerprint density at radius 1 is 1.22 bits per heavy atom. The number of hydrogen-bond acceptors (Lipinski definition) is 2. The summed E-state index contributed by atoms with van der Waals surface area (Å²) < 4.78 is 40.0. The molecule has 98 valence electrons. The van der Waals surface area contributed by atoms with Crippen molar-refractivity contribution in [2.24, 2.45) is 0 Å². The van der Waals surface area contributed by atoms with Gasteiger partial charge >= 0.3 is 6.36 Å². The van der Waals surface area contributed by atoms with Crippen molar-refractivity contribution in [2.45, 2.75) is 26.0 Å². The Balaban J connectivity index is 3.05. The number of nitrogen functional groups attached to an aromatic ring is 1. The van der Waals surface area contributed by atoms with Gasteiger partial charge in [0, 0.05) is 5.69 Å². The number of alkyl halides is 3. The first-order valence-electron chi connectivity index (χ1n) is 5.25. The summed E-state index contributed by atoms with van der Waals surface area (Å²) in [5.41, 5.74) is 9.40. The maximum absolute atomic E-state index is 12.1. The molecule has 0 amide bonds. The lowest BCUT2D eigenvalue weighted by atomic mass is 10.2. The first-order chi connectivity index (χ1) is 8.07. The van der Waals surface area contributed by atoms with Gasteiger partial charge in [0.15, 0.2) is 0 Å². The Labute approximate surface area is 105 Å². The van der Waals surface area contributed by atoms with Crippen molar-refractivity contribution in [3.63, 3.8) is 0 Å². The van der Waals surface area contributed by atoms with Gasteiger partial charge in [-0.2, -0.15) is 0 Å². The molecule has 0 radical (unpaired) electrons. The maximum atomic E-state index is 12.1. The molecule has 0 heterocycles. The Bertz CT molecular complexity index is 495. The number of anilines is 1. The fourth-order valence-electron chi connectivity index (χ4n) is 1.10. The highest BCUT2D eigenvalue weighted by Gasteiger charge is 2.31. The number of hydrogen-bond donors (Lipinski definition) is 1. The van der Waals surface area contributed by atoms with E-state index in [1.165, 1.54) is 18.2 Å². The molecule has 1 rings (SSSR count). The molecule has 0 spiro atoms. The largest absolute Gasteiger partial charge is 0.573 e. The predicted octanol–water partition coefficient (Wildman–Crippen LogP) is 3.40. The van der Waals surface area contributed by atoms with Crippen LogP contribution in [0.5, 0.6) is 5.75 Å². The van der Waals surface area contributed by atoms with Crippen LogP contribution >= 0.6 is 0 Å². The molecule has 0 aliphatic rings. The molecule has 6 heteroatoms. The van der Waals surface area contributed by atoms with Crippen LogP contribution in [0, 0.1) is 11.5 Å². The van der Waals surface area contributed by atoms with Crippen molar-refractivity contribution < 1.29 is 17.9 Å². The van der Waals surface area contributed by atoms with Crippen LogP contribution in [0.15, 0.2) is 18.2 Å². The van der Waals surface area contributed by atoms with E-state index in [0.29, 0.717) is 11.3 Å². The summed E-state index contributed by atoms with van der Waals surface area (Å²) >= 11 is 0. The number of ether oxygens (including phenoxy) is 1. The minimum Gasteiger partial charge on any atom is -0.406 e. The van der Waals surface area contributed by atoms with Gasteiger partial charge in [0.25, 0.3) is 0 Å². The predicted molar refractivity (Wildman–Crippen MR) is 67.8 cm³/mol. The normalized spacial score (nSPS) is 11.7. The SMILES string of the molecule is C[Si](C)(C)C#Cc1cc(OC(F)(F)F)ccc1N. The van der Waals surface area contributed by atoms with Crippen molar-refractivity contribution in [1.82, 2.24) is 0 Å². The van der Waals surface area contributed by atoms with Crippen LogP contribution in [0.3, 0.4) is 0 Å². The van der Waals surface area contributed by atoms with E-state index in [0.717, 1.165) is 0 Å². The van der Waals surface area contributed by atoms with Gasteiger partial charge in [0.2, 0.25) is 0 Å². The van der Waals surface area contributed by atoms with Gasteiger partial charge in [-0.15, -0.1) is 18.7 Å². The van der Waals surface area contributed by atoms with Gasteiger partial charge in [-0.1, -0.05) is 25.6 Å². The topological polar surface area (TPSA) is 35.2 Å². The number of benzene rings is 1. The summed E-state index contributed by atoms with van der Waals surface area (Å²) in [5.74, 6) is 2.51. The highest BCUT2D eigenvalue weighted by Crippen LogP contribution is 2.25. The molecule has 0 atom stereocenters. The second-order valence-electron chi connectivity index (χ2n) is 4.80. The summed E-state index contributed by atoms with van der Waals surface area (Å²) in [5, 5.41) is 0. The van der Waals surface area contributed by atoms with Crippen LogP contribution in [0.25, 0.3) is 0 Å². The molecule has 0 unspecified atom stereocenters. The smallest absolute Gasteiger partial charge is 0.406 e. The van der Waals surface area contributed by atoms with Crippen LogP contribution in [-0.2, 0) is 0 Å². The molecule has 0 aliphatic heterocycles. The highest BCUT2D eigenvalue weighted by atomic mass is 28.3. The summed E-state index contributed by atoms with van der Waals surface area (Å²) in [6.07, 6.45) is -4.71. The zero-order chi connectivity index (χ0) is 14.0. The van der Waals surface area contributed by atoms with E-state index in [-0.39, 0.29) is 5.75 Å². The van der Waals surface area contributed by atoms with E-state index in [1.54, 1.807) is 0 Å². The van der Waals surface area contributed by atoms with Crippen LogP contribution in [-0.4, -0.2) is 14.4 Å². The Morgan fingerprint density at radius 2 is 1.83 bits per heavy atom. The lowest BCUT2D eigenvalue weighted by molar-refractivity contribution is -0.274. The van der Waals surface area contributed by atoms with Gasteiger partial charge in [-0.3, -0.25) is 0 Å². The maximum Gasteiger partial charge on any atom is 0.573 e. The molecule has 0 fully saturated rings. The molecule has 0 bridgehead atoms. The summed E-state index contributed by atoms with van der Waals surface area (Å²) in [7, 11) is -1.61. The van der Waals surface area contributed by atoms with Gasteiger partial charge < -0.3 is 10.5 Å². The molecule has 0 aliphatic carbocycles. The number of nitrogens with two attached hydrogens (primary N) is 1. The van der Waals surface area contributed by atoms with Crippen molar-refractivity contribution >= 4 is 13.8 Å². The van der Waals surface area contributed by atoms with Crippen LogP contribution in [0.1, 0.15) is 5.56 Å². The molecule has 0 aromatic heterocycles. The van der Waals surface area contributed by atoms with Gasteiger partial charge in [-0.05, 0) is 18.2 Å². The number of halogens is 3. The fourth-order valence-corrected chi connectivity index (χ4v) is 1.61. The number of rotatable bonds is 1. The van der Waals surface area contributed by atoms with E-state index < -0.39 is 14.4 Å². The molecular formula is C12H14F3NOSi. The van der Waals surface area contributed by atoms with Crippen molar-refractivity contribution in [3.8, 4) is 17.2 Å². The second kappa shape index (κ2) is 4.94. The molecule has 1 aromatic carbocycles. The molecule has 2 nitrogen and oxygen atoms in total. The molecule has 2 N–H and O–H groups in total. The van der Waals surface area contributed by atoms with E-state index in [1.807, 2.05) is 19.6 Å². The average Bonchev–Trinajstić information content (AvgIpc) is 2.15. The molecule has 0 saturated heterocycles. The minimum atomic E-state index is -4.71. The molecule has 18 heavy (non-hydrogen) atoms. The molecule has 0 saturated carbocycles. The Kier molecular flexibility index (Phi) is 3.97. The van der Waals surface area contributed by atoms with Gasteiger partial charge in [0.1, 0.15) is 13.8 Å². The molecule has 1 aromatic rings. The highest BCUT2D eigenvalue weighted by molar-refractivity contribution is 6.83. The standard InChI is InChI=1S/C12H14F3NOSi/c1-18(2,3)7-6-9-8-10(4-5-11(9)16)17-12(13,14)15/h4-5,8H,16H2,1-3H3. The van der Waals surface area contributed by atoms with Crippen molar-refractivity contribution in [2.75, 3.05) is 5.73 Å². The lowest BCUT2D eigenvalue weighted by Crippen LogP contribution is -2.17. The summed E-state index contributed by atoms with van der Waals surface area (Å²) in [6, 6.07) is 3.73. The molecular weight excluding hydrogens is 259 g/mol. The average molecular weight is 273 g/mol. The summed E-state index contributed by atoms with van der Waals surface area (Å²) in [6.45, 7) is 6.10. The third-order valence-electron chi connectivity index (χ3n) is 1.83. The monoisotopic (exact) mass is 273 g/mol. The Hall–Kier alpha value is -1.61. The van der Waals surface area contributed by atoms with Crippen LogP contribution < -0.4 is 10.5 Å². The van der Waals surface area contributed by atoms with Crippen molar-refractivity contribution in [1.29, 1.82) is 0 Å². The second-order valence-corrected chi connectivity index (χ2v) is 9.55. The third kappa shape index (κ3) is 5.14. The fraction of sp³-hybridized carbons (Fsp3) is 0.333. The minimum absolute atomic E-state index is 0.309. The van der Waals surface area contributed by atoms with E-state index in [2.05, 4.69) is 16.2 Å². The lowest BCUT2D eigenvalue weighted by Gasteiger charge is -2.10.